The monoisotopic (exact) mass is 170 g/mol. The first kappa shape index (κ1) is 11.7. The van der Waals surface area contributed by atoms with Crippen LogP contribution in [0.4, 0.5) is 0 Å². The molecule has 1 N–H and O–H groups in total. The van der Waals surface area contributed by atoms with Crippen molar-refractivity contribution in [2.45, 2.75) is 52.6 Å². The predicted octanol–water partition coefficient (Wildman–Crippen LogP) is 3.14. The number of rotatable bonds is 6. The van der Waals surface area contributed by atoms with E-state index in [4.69, 9.17) is 0 Å². The fourth-order valence-electron chi connectivity index (χ4n) is 1.29. The Morgan fingerprint density at radius 2 is 2.00 bits per heavy atom. The Kier molecular flexibility index (Phi) is 6.09. The second-order valence-electron chi connectivity index (χ2n) is 3.64. The van der Waals surface area contributed by atoms with E-state index in [9.17, 15) is 5.11 Å². The van der Waals surface area contributed by atoms with E-state index in [0.29, 0.717) is 5.92 Å². The third-order valence-electron chi connectivity index (χ3n) is 2.40. The predicted molar refractivity (Wildman–Crippen MR) is 54.1 cm³/mol. The van der Waals surface area contributed by atoms with Gasteiger partial charge in [0.15, 0.2) is 0 Å². The fourth-order valence-corrected chi connectivity index (χ4v) is 1.29. The molecule has 0 rings (SSSR count). The Bertz CT molecular complexity index is 129. The number of aliphatic hydroxyl groups is 1. The summed E-state index contributed by atoms with van der Waals surface area (Å²) >= 11 is 0. The minimum atomic E-state index is -0.183. The fraction of sp³-hybridized carbons (Fsp3) is 0.818. The lowest BCUT2D eigenvalue weighted by Crippen LogP contribution is -2.17. The van der Waals surface area contributed by atoms with E-state index < -0.39 is 0 Å². The summed E-state index contributed by atoms with van der Waals surface area (Å²) in [4.78, 5) is 0. The normalized spacial score (nSPS) is 15.7. The molecule has 0 fully saturated rings. The second-order valence-corrected chi connectivity index (χ2v) is 3.64. The number of hydrogen-bond donors (Lipinski definition) is 1. The standard InChI is InChI=1S/C11H22O/c1-5-7-10(4)11(12)8-9(3)6-2/h10-12H,3,5-8H2,1-2,4H3. The molecule has 1 heteroatoms. The summed E-state index contributed by atoms with van der Waals surface area (Å²) in [5.41, 5.74) is 1.16. The molecule has 1 nitrogen and oxygen atoms in total. The van der Waals surface area contributed by atoms with Crippen molar-refractivity contribution in [2.75, 3.05) is 0 Å². The molecule has 2 unspecified atom stereocenters. The molecule has 12 heavy (non-hydrogen) atoms. The molecular weight excluding hydrogens is 148 g/mol. The van der Waals surface area contributed by atoms with E-state index in [1.54, 1.807) is 0 Å². The highest BCUT2D eigenvalue weighted by Crippen LogP contribution is 2.17. The van der Waals surface area contributed by atoms with Gasteiger partial charge in [0.25, 0.3) is 0 Å². The third-order valence-corrected chi connectivity index (χ3v) is 2.40. The van der Waals surface area contributed by atoms with Crippen LogP contribution in [0.1, 0.15) is 46.5 Å². The van der Waals surface area contributed by atoms with Crippen LogP contribution in [0.3, 0.4) is 0 Å². The molecule has 2 atom stereocenters. The van der Waals surface area contributed by atoms with Gasteiger partial charge in [0.1, 0.15) is 0 Å². The van der Waals surface area contributed by atoms with Crippen LogP contribution in [-0.4, -0.2) is 11.2 Å². The molecule has 0 aliphatic heterocycles. The van der Waals surface area contributed by atoms with Gasteiger partial charge in [0, 0.05) is 0 Å². The van der Waals surface area contributed by atoms with Crippen LogP contribution in [0.2, 0.25) is 0 Å². The zero-order chi connectivity index (χ0) is 9.56. The van der Waals surface area contributed by atoms with Crippen molar-refractivity contribution in [3.8, 4) is 0 Å². The topological polar surface area (TPSA) is 20.2 Å². The van der Waals surface area contributed by atoms with Gasteiger partial charge in [-0.3, -0.25) is 0 Å². The number of aliphatic hydroxyl groups excluding tert-OH is 1. The van der Waals surface area contributed by atoms with Gasteiger partial charge in [-0.05, 0) is 25.2 Å². The molecule has 0 saturated heterocycles. The van der Waals surface area contributed by atoms with Crippen molar-refractivity contribution >= 4 is 0 Å². The molecule has 72 valence electrons. The molecular formula is C11H22O. The maximum absolute atomic E-state index is 9.69. The van der Waals surface area contributed by atoms with Gasteiger partial charge in [-0.2, -0.15) is 0 Å². The van der Waals surface area contributed by atoms with E-state index in [2.05, 4.69) is 27.4 Å². The van der Waals surface area contributed by atoms with Gasteiger partial charge in [-0.25, -0.2) is 0 Å². The molecule has 0 aliphatic rings. The van der Waals surface area contributed by atoms with Gasteiger partial charge in [0.05, 0.1) is 6.10 Å². The smallest absolute Gasteiger partial charge is 0.0602 e. The Balaban J connectivity index is 3.69. The van der Waals surface area contributed by atoms with Crippen LogP contribution >= 0.6 is 0 Å². The maximum Gasteiger partial charge on any atom is 0.0602 e. The van der Waals surface area contributed by atoms with Crippen molar-refractivity contribution in [3.05, 3.63) is 12.2 Å². The molecule has 0 amide bonds. The van der Waals surface area contributed by atoms with Crippen LogP contribution in [0.15, 0.2) is 12.2 Å². The van der Waals surface area contributed by atoms with E-state index in [-0.39, 0.29) is 6.10 Å². The summed E-state index contributed by atoms with van der Waals surface area (Å²) in [6, 6.07) is 0. The highest BCUT2D eigenvalue weighted by Gasteiger charge is 2.13. The minimum absolute atomic E-state index is 0.183. The van der Waals surface area contributed by atoms with Crippen LogP contribution in [-0.2, 0) is 0 Å². The molecule has 0 aromatic carbocycles. The van der Waals surface area contributed by atoms with Gasteiger partial charge in [-0.15, -0.1) is 0 Å². The van der Waals surface area contributed by atoms with E-state index in [1.807, 2.05) is 0 Å². The van der Waals surface area contributed by atoms with E-state index >= 15 is 0 Å². The molecule has 0 aromatic rings. The van der Waals surface area contributed by atoms with Gasteiger partial charge < -0.3 is 5.11 Å². The Morgan fingerprint density at radius 3 is 2.42 bits per heavy atom. The van der Waals surface area contributed by atoms with Crippen molar-refractivity contribution in [2.24, 2.45) is 5.92 Å². The summed E-state index contributed by atoms with van der Waals surface area (Å²) in [7, 11) is 0. The summed E-state index contributed by atoms with van der Waals surface area (Å²) in [6.45, 7) is 10.2. The molecule has 0 spiro atoms. The van der Waals surface area contributed by atoms with E-state index in [0.717, 1.165) is 31.3 Å². The second kappa shape index (κ2) is 6.24. The quantitative estimate of drug-likeness (QED) is 0.607. The highest BCUT2D eigenvalue weighted by molar-refractivity contribution is 4.95. The van der Waals surface area contributed by atoms with Crippen molar-refractivity contribution in [1.29, 1.82) is 0 Å². The highest BCUT2D eigenvalue weighted by atomic mass is 16.3. The van der Waals surface area contributed by atoms with E-state index in [1.165, 1.54) is 0 Å². The Morgan fingerprint density at radius 1 is 1.42 bits per heavy atom. The molecule has 0 saturated carbocycles. The first-order chi connectivity index (χ1) is 5.61. The zero-order valence-corrected chi connectivity index (χ0v) is 8.64. The lowest BCUT2D eigenvalue weighted by molar-refractivity contribution is 0.111. The first-order valence-electron chi connectivity index (χ1n) is 4.96. The van der Waals surface area contributed by atoms with Crippen LogP contribution in [0, 0.1) is 5.92 Å². The third kappa shape index (κ3) is 4.55. The minimum Gasteiger partial charge on any atom is -0.393 e. The lowest BCUT2D eigenvalue weighted by atomic mass is 9.94. The summed E-state index contributed by atoms with van der Waals surface area (Å²) in [5.74, 6) is 0.415. The Labute approximate surface area is 76.5 Å². The maximum atomic E-state index is 9.69. The largest absolute Gasteiger partial charge is 0.393 e. The average molecular weight is 170 g/mol. The number of hydrogen-bond acceptors (Lipinski definition) is 1. The first-order valence-corrected chi connectivity index (χ1v) is 4.96. The van der Waals surface area contributed by atoms with Gasteiger partial charge in [-0.1, -0.05) is 39.3 Å². The molecule has 0 heterocycles. The molecule has 0 aromatic heterocycles. The van der Waals surface area contributed by atoms with Crippen LogP contribution in [0.5, 0.6) is 0 Å². The van der Waals surface area contributed by atoms with Crippen LogP contribution in [0.25, 0.3) is 0 Å². The zero-order valence-electron chi connectivity index (χ0n) is 8.64. The summed E-state index contributed by atoms with van der Waals surface area (Å²) in [5, 5.41) is 9.69. The van der Waals surface area contributed by atoms with Gasteiger partial charge >= 0.3 is 0 Å². The molecule has 0 radical (unpaired) electrons. The van der Waals surface area contributed by atoms with Crippen molar-refractivity contribution in [3.63, 3.8) is 0 Å². The Hall–Kier alpha value is -0.300. The summed E-state index contributed by atoms with van der Waals surface area (Å²) in [6.07, 6.45) is 3.83. The van der Waals surface area contributed by atoms with Crippen molar-refractivity contribution in [1.82, 2.24) is 0 Å². The van der Waals surface area contributed by atoms with Gasteiger partial charge in [0.2, 0.25) is 0 Å². The summed E-state index contributed by atoms with van der Waals surface area (Å²) < 4.78 is 0. The molecule has 0 bridgehead atoms. The van der Waals surface area contributed by atoms with Crippen LogP contribution < -0.4 is 0 Å². The lowest BCUT2D eigenvalue weighted by Gasteiger charge is -2.18. The van der Waals surface area contributed by atoms with Crippen molar-refractivity contribution < 1.29 is 5.11 Å². The molecule has 0 aliphatic carbocycles. The SMILES string of the molecule is C=C(CC)CC(O)C(C)CCC. The average Bonchev–Trinajstić information content (AvgIpc) is 2.04.